The maximum Gasteiger partial charge on any atom is 0.282 e. The molecular formula is C39H37NO5. The van der Waals surface area contributed by atoms with Crippen LogP contribution in [0.4, 0.5) is 0 Å². The van der Waals surface area contributed by atoms with E-state index < -0.39 is 11.0 Å². The van der Waals surface area contributed by atoms with Gasteiger partial charge < -0.3 is 14.9 Å². The van der Waals surface area contributed by atoms with E-state index in [0.29, 0.717) is 27.5 Å². The molecule has 2 aliphatic rings. The van der Waals surface area contributed by atoms with Crippen LogP contribution in [-0.4, -0.2) is 15.2 Å². The van der Waals surface area contributed by atoms with Crippen LogP contribution in [0.1, 0.15) is 71.1 Å². The smallest absolute Gasteiger partial charge is 0.282 e. The molecule has 4 aromatic carbocycles. The molecule has 0 amide bonds. The number of pyridine rings is 1. The lowest BCUT2D eigenvalue weighted by molar-refractivity contribution is 0.432. The Morgan fingerprint density at radius 2 is 1.42 bits per heavy atom. The van der Waals surface area contributed by atoms with Gasteiger partial charge in [-0.15, -0.1) is 0 Å². The number of aromatic nitrogens is 1. The van der Waals surface area contributed by atoms with E-state index in [1.807, 2.05) is 18.2 Å². The van der Waals surface area contributed by atoms with Crippen LogP contribution in [0.2, 0.25) is 0 Å². The summed E-state index contributed by atoms with van der Waals surface area (Å²) >= 11 is 0. The third kappa shape index (κ3) is 4.85. The first-order chi connectivity index (χ1) is 21.4. The van der Waals surface area contributed by atoms with Crippen molar-refractivity contribution in [3.8, 4) is 28.5 Å². The van der Waals surface area contributed by atoms with Gasteiger partial charge in [-0.3, -0.25) is 9.59 Å². The van der Waals surface area contributed by atoms with Crippen molar-refractivity contribution in [2.45, 2.75) is 65.2 Å². The molecule has 0 radical (unpaired) electrons. The van der Waals surface area contributed by atoms with Crippen molar-refractivity contribution in [1.82, 2.24) is 4.98 Å². The van der Waals surface area contributed by atoms with Crippen LogP contribution in [0.15, 0.2) is 88.5 Å². The average molecular weight is 600 g/mol. The van der Waals surface area contributed by atoms with Gasteiger partial charge in [-0.05, 0) is 40.7 Å². The number of nitrogens with zero attached hydrogens (tertiary/aromatic N) is 1. The fraction of sp³-hybridized carbons (Fsp3) is 0.256. The summed E-state index contributed by atoms with van der Waals surface area (Å²) in [5.74, 6) is 0.220. The zero-order valence-electron chi connectivity index (χ0n) is 26.5. The Morgan fingerprint density at radius 3 is 2.09 bits per heavy atom. The number of ether oxygens (including phenoxy) is 1. The molecule has 228 valence electrons. The van der Waals surface area contributed by atoms with Gasteiger partial charge in [-0.2, -0.15) is 0 Å². The number of rotatable bonds is 7. The van der Waals surface area contributed by atoms with E-state index in [0.717, 1.165) is 18.4 Å². The van der Waals surface area contributed by atoms with Crippen LogP contribution in [0, 0.1) is 0 Å². The molecule has 0 spiro atoms. The van der Waals surface area contributed by atoms with E-state index >= 15 is 0 Å². The van der Waals surface area contributed by atoms with Crippen molar-refractivity contribution >= 4 is 27.3 Å². The fourth-order valence-corrected chi connectivity index (χ4v) is 6.03. The first-order valence-corrected chi connectivity index (χ1v) is 15.4. The lowest BCUT2D eigenvalue weighted by Gasteiger charge is -2.30. The van der Waals surface area contributed by atoms with Crippen molar-refractivity contribution in [3.63, 3.8) is 0 Å². The normalized spacial score (nSPS) is 13.1. The second-order valence-corrected chi connectivity index (χ2v) is 13.0. The predicted octanol–water partition coefficient (Wildman–Crippen LogP) is 7.96. The number of aliphatic hydroxyl groups is 1. The second kappa shape index (κ2) is 10.9. The fourth-order valence-electron chi connectivity index (χ4n) is 6.03. The summed E-state index contributed by atoms with van der Waals surface area (Å²) in [5, 5.41) is 24.1. The van der Waals surface area contributed by atoms with E-state index in [1.54, 1.807) is 48.5 Å². The molecule has 0 fully saturated rings. The van der Waals surface area contributed by atoms with Gasteiger partial charge in [-0.1, -0.05) is 108 Å². The molecule has 0 atom stereocenters. The third-order valence-corrected chi connectivity index (χ3v) is 9.61. The molecule has 0 aromatic heterocycles. The van der Waals surface area contributed by atoms with Crippen LogP contribution in [0.5, 0.6) is 17.2 Å². The molecule has 4 aromatic rings. The summed E-state index contributed by atoms with van der Waals surface area (Å²) in [6.45, 7) is 13.0. The minimum Gasteiger partial charge on any atom is -0.507 e. The molecule has 45 heavy (non-hydrogen) atoms. The quantitative estimate of drug-likeness (QED) is 0.143. The number of phenols is 1. The highest BCUT2D eigenvalue weighted by atomic mass is 16.5. The molecule has 1 aliphatic carbocycles. The van der Waals surface area contributed by atoms with Crippen molar-refractivity contribution in [2.24, 2.45) is 0 Å². The molecule has 6 heteroatoms. The number of aromatic hydroxyl groups is 1. The van der Waals surface area contributed by atoms with Gasteiger partial charge in [0.05, 0.1) is 10.6 Å². The highest BCUT2D eigenvalue weighted by Gasteiger charge is 2.30. The van der Waals surface area contributed by atoms with Crippen LogP contribution in [0.25, 0.3) is 38.6 Å². The Labute approximate surface area is 262 Å². The van der Waals surface area contributed by atoms with Gasteiger partial charge >= 0.3 is 0 Å². The maximum atomic E-state index is 13.9. The van der Waals surface area contributed by atoms with Gasteiger partial charge in [0.1, 0.15) is 23.0 Å². The lowest BCUT2D eigenvalue weighted by atomic mass is 9.76. The van der Waals surface area contributed by atoms with Crippen molar-refractivity contribution in [3.05, 3.63) is 121 Å². The van der Waals surface area contributed by atoms with Gasteiger partial charge in [0.25, 0.3) is 5.56 Å². The molecule has 6 rings (SSSR count). The number of hydrogen-bond donors (Lipinski definition) is 2. The van der Waals surface area contributed by atoms with Crippen LogP contribution >= 0.6 is 0 Å². The largest absolute Gasteiger partial charge is 0.507 e. The molecule has 2 N–H and O–H groups in total. The van der Waals surface area contributed by atoms with Crippen LogP contribution in [0.3, 0.4) is 0 Å². The highest BCUT2D eigenvalue weighted by Crippen LogP contribution is 2.46. The third-order valence-electron chi connectivity index (χ3n) is 9.61. The number of aliphatic hydroxyl groups excluding tert-OH is 1. The number of phenolic OH excluding ortho intramolecular Hbond substituents is 1. The summed E-state index contributed by atoms with van der Waals surface area (Å²) in [4.78, 5) is 32.2. The topological polar surface area (TPSA) is 96.7 Å². The Balaban J connectivity index is 1.72. The zero-order chi connectivity index (χ0) is 32.3. The standard InChI is InChI=1S/C39H37NO5/c1-7-38(3,4)23-18-19-28(26(20-23)39(5,6)8-2)45-29-21-27(41)31-32-30(24-16-12-13-17-25(24)36(31)43)33(37(44)40-34(29)32)35(42)22-14-10-9-11-15-22/h9-21,42-43H,7-8H2,1-6H3/b35-33-. The Hall–Kier alpha value is -4.97. The number of benzene rings is 5. The molecule has 6 nitrogen and oxygen atoms in total. The zero-order valence-corrected chi connectivity index (χ0v) is 26.5. The van der Waals surface area contributed by atoms with E-state index in [2.05, 4.69) is 52.6 Å². The van der Waals surface area contributed by atoms with Gasteiger partial charge in [0.2, 0.25) is 0 Å². The number of fused-ring (bicyclic) bond motifs is 2. The highest BCUT2D eigenvalue weighted by molar-refractivity contribution is 6.18. The molecule has 1 aliphatic heterocycles. The van der Waals surface area contributed by atoms with Crippen molar-refractivity contribution in [2.75, 3.05) is 0 Å². The van der Waals surface area contributed by atoms with E-state index in [1.165, 1.54) is 11.6 Å². The molecule has 1 heterocycles. The summed E-state index contributed by atoms with van der Waals surface area (Å²) in [7, 11) is 0. The Bertz CT molecular complexity index is 2220. The van der Waals surface area contributed by atoms with E-state index in [4.69, 9.17) is 4.74 Å². The van der Waals surface area contributed by atoms with Gasteiger partial charge in [-0.25, -0.2) is 4.98 Å². The molecule has 0 bridgehead atoms. The van der Waals surface area contributed by atoms with E-state index in [9.17, 15) is 19.8 Å². The lowest BCUT2D eigenvalue weighted by Crippen LogP contribution is -2.33. The van der Waals surface area contributed by atoms with Crippen LogP contribution in [-0.2, 0) is 10.8 Å². The minimum absolute atomic E-state index is 0.0230. The first-order valence-electron chi connectivity index (χ1n) is 15.4. The second-order valence-electron chi connectivity index (χ2n) is 13.0. The summed E-state index contributed by atoms with van der Waals surface area (Å²) in [6.07, 6.45) is 1.80. The van der Waals surface area contributed by atoms with Gasteiger partial charge in [0, 0.05) is 33.5 Å². The summed E-state index contributed by atoms with van der Waals surface area (Å²) in [6, 6.07) is 23.2. The van der Waals surface area contributed by atoms with Gasteiger partial charge in [0.15, 0.2) is 11.2 Å². The Morgan fingerprint density at radius 1 is 0.778 bits per heavy atom. The number of hydrogen-bond acceptors (Lipinski definition) is 6. The molecule has 0 saturated heterocycles. The molecule has 0 unspecified atom stereocenters. The molecule has 0 saturated carbocycles. The molecular weight excluding hydrogens is 562 g/mol. The van der Waals surface area contributed by atoms with Crippen molar-refractivity contribution < 1.29 is 14.9 Å². The minimum atomic E-state index is -0.668. The average Bonchev–Trinajstić information content (AvgIpc) is 3.04. The van der Waals surface area contributed by atoms with Crippen molar-refractivity contribution in [1.29, 1.82) is 0 Å². The monoisotopic (exact) mass is 599 g/mol. The van der Waals surface area contributed by atoms with Crippen LogP contribution < -0.4 is 20.9 Å². The Kier molecular flexibility index (Phi) is 7.27. The SMILES string of the molecule is CCC(C)(C)c1ccc(Oc2cc(=O)c3c(O)c4ccccc4c4c3-c2nc(=O)/c4=C(\O)c2ccccc2)c(C(C)(C)CC)c1. The predicted molar refractivity (Wildman–Crippen MR) is 181 cm³/mol. The summed E-state index contributed by atoms with van der Waals surface area (Å²) < 4.78 is 6.57. The summed E-state index contributed by atoms with van der Waals surface area (Å²) in [5.41, 5.74) is 1.56. The van der Waals surface area contributed by atoms with E-state index in [-0.39, 0.29) is 50.0 Å². The maximum absolute atomic E-state index is 13.9. The first kappa shape index (κ1) is 30.1.